The summed E-state index contributed by atoms with van der Waals surface area (Å²) in [5.74, 6) is 3.69. The van der Waals surface area contributed by atoms with Crippen LogP contribution in [-0.4, -0.2) is 295 Å². The molecule has 15 rings (SSSR count). The fraction of sp³-hybridized carbons (Fsp3) is 0.389. The van der Waals surface area contributed by atoms with Gasteiger partial charge >= 0.3 is 0 Å². The van der Waals surface area contributed by atoms with Crippen molar-refractivity contribution in [3.8, 4) is 67.9 Å². The molecule has 1 unspecified atom stereocenters. The number of imidazole rings is 3. The lowest BCUT2D eigenvalue weighted by Crippen LogP contribution is -2.60. The van der Waals surface area contributed by atoms with Crippen LogP contribution in [-0.2, 0) is 33.6 Å². The van der Waals surface area contributed by atoms with E-state index in [-0.39, 0.29) is 36.4 Å². The molecule has 3 aliphatic heterocycles. The Morgan fingerprint density at radius 2 is 0.814 bits per heavy atom. The minimum atomic E-state index is -0.950. The number of hydrogen-bond acceptors (Lipinski definition) is 26. The van der Waals surface area contributed by atoms with Crippen molar-refractivity contribution in [3.63, 3.8) is 0 Å². The maximum absolute atomic E-state index is 12.3. The molecule has 0 saturated carbocycles. The second-order valence-corrected chi connectivity index (χ2v) is 33.6. The van der Waals surface area contributed by atoms with Crippen LogP contribution in [0.2, 0.25) is 30.1 Å². The van der Waals surface area contributed by atoms with Crippen molar-refractivity contribution in [3.05, 3.63) is 170 Å². The number of aliphatic hydroxyl groups excluding tert-OH is 2. The fourth-order valence-corrected chi connectivity index (χ4v) is 18.3. The van der Waals surface area contributed by atoms with Gasteiger partial charge in [0, 0.05) is 191 Å². The molecule has 12 aromatic rings. The van der Waals surface area contributed by atoms with Crippen LogP contribution in [0.3, 0.4) is 0 Å². The number of methoxy groups -OCH3 is 6. The highest BCUT2D eigenvalue weighted by molar-refractivity contribution is 6.43. The minimum absolute atomic E-state index is 0.0187. The molecule has 5 N–H and O–H groups in total. The number of anilines is 3. The predicted octanol–water partition coefficient (Wildman–Crippen LogP) is 13.5. The summed E-state index contributed by atoms with van der Waals surface area (Å²) in [7, 11) is 11.0. The van der Waals surface area contributed by atoms with Crippen LogP contribution >= 0.6 is 69.6 Å². The number of carbonyl (C=O) groups excluding carboxylic acids is 3. The average Bonchev–Trinajstić information content (AvgIpc) is 1.67. The molecule has 0 bridgehead atoms. The summed E-state index contributed by atoms with van der Waals surface area (Å²) in [6.45, 7) is 33.5. The first-order chi connectivity index (χ1) is 62.3. The Morgan fingerprint density at radius 1 is 0.481 bits per heavy atom. The Morgan fingerprint density at radius 3 is 1.14 bits per heavy atom. The zero-order valence-corrected chi connectivity index (χ0v) is 77.7. The second-order valence-electron chi connectivity index (χ2n) is 31.3. The smallest absolute Gasteiger partial charge is 0.246 e. The Bertz CT molecular complexity index is 6150. The van der Waals surface area contributed by atoms with Crippen LogP contribution in [0.1, 0.15) is 50.2 Å². The van der Waals surface area contributed by atoms with Crippen molar-refractivity contribution in [2.45, 2.75) is 64.0 Å². The van der Waals surface area contributed by atoms with Crippen molar-refractivity contribution in [2.24, 2.45) is 0 Å². The summed E-state index contributed by atoms with van der Waals surface area (Å²) in [5, 5.41) is 32.3. The number of carbonyl (C=O) groups is 3. The Hall–Kier alpha value is -11.4. The van der Waals surface area contributed by atoms with E-state index in [0.29, 0.717) is 207 Å². The van der Waals surface area contributed by atoms with Crippen LogP contribution in [0.25, 0.3) is 88.3 Å². The number of pyridine rings is 3. The summed E-state index contributed by atoms with van der Waals surface area (Å²) < 4.78 is 38.9. The highest BCUT2D eigenvalue weighted by Gasteiger charge is 2.36. The first-order valence-corrected chi connectivity index (χ1v) is 44.1. The normalized spacial score (nSPS) is 14.5. The molecule has 3 aliphatic rings. The molecule has 3 fully saturated rings. The van der Waals surface area contributed by atoms with E-state index in [1.165, 1.54) is 46.7 Å². The van der Waals surface area contributed by atoms with E-state index in [0.717, 1.165) is 119 Å². The predicted molar refractivity (Wildman–Crippen MR) is 505 cm³/mol. The highest BCUT2D eigenvalue weighted by atomic mass is 35.5. The summed E-state index contributed by atoms with van der Waals surface area (Å²) >= 11 is 41.0. The monoisotopic (exact) mass is 1880 g/mol. The molecule has 39 heteroatoms. The molecule has 12 heterocycles. The van der Waals surface area contributed by atoms with Gasteiger partial charge in [-0.25, -0.2) is 36.5 Å². The molecule has 680 valence electrons. The van der Waals surface area contributed by atoms with E-state index in [4.69, 9.17) is 135 Å². The number of aliphatic hydroxyl groups is 2. The average molecular weight is 1880 g/mol. The van der Waals surface area contributed by atoms with Gasteiger partial charge in [0.15, 0.2) is 16.9 Å². The van der Waals surface area contributed by atoms with Crippen LogP contribution in [0.15, 0.2) is 112 Å². The lowest BCUT2D eigenvalue weighted by molar-refractivity contribution is -0.135. The summed E-state index contributed by atoms with van der Waals surface area (Å²) in [5.41, 5.74) is 9.87. The number of piperazine rings is 3. The number of nitrogens with one attached hydrogen (secondary N) is 3. The molecule has 129 heavy (non-hydrogen) atoms. The number of aromatic nitrogens is 12. The van der Waals surface area contributed by atoms with Crippen LogP contribution in [0, 0.1) is 6.57 Å². The number of amides is 3. The third-order valence-electron chi connectivity index (χ3n) is 22.8. The van der Waals surface area contributed by atoms with Crippen LogP contribution in [0.4, 0.5) is 17.8 Å². The Labute approximate surface area is 776 Å². The standard InChI is InChI=1S/C30H32Cl2N8O3.C30H35Cl2N7O5.C30H35Cl2N7O3/c1-5-24(41)39-13-11-38(12-14-39)10-6-7-20-18-40-28-19(17-35-30(37-28)34-9-8-33-2)15-21(29(40)36-20)25-26(31)22(42-3)16-23(43-4)27(25)32;1-4-24(42)38-10-8-37(9-11-38)7-5-6-19-16-39-28-18(14-33-30(36-28)34-15-20(41)17-40)12-21(29(39)35-19)25-26(31)22(43-2)13-23(44-3)27(25)32;1-7-23(40)39-12-11-37(17-30(39,2)3)10-8-9-19-16-38-27-18(15-34-29(33-4)36-27)13-20(28(38)35-19)24-25(31)21(41-5)14-22(42-6)26(24)32/h5,15-18H,1,6-14H2,3-4H3,(H,34,35,37);4,12-14,16,20,40-41H,1,5-11,15,17H2,2-3H3,(H,33,34,36);7,13-16H,1,8-12,17H2,2-6H3,(H,33,34,36). The van der Waals surface area contributed by atoms with E-state index < -0.39 is 6.10 Å². The number of ether oxygens (including phenoxy) is 6. The summed E-state index contributed by atoms with van der Waals surface area (Å²) in [4.78, 5) is 94.6. The van der Waals surface area contributed by atoms with Gasteiger partial charge in [-0.3, -0.25) is 42.3 Å². The number of rotatable bonds is 32. The number of aryl methyl sites for hydroxylation is 3. The maximum Gasteiger partial charge on any atom is 0.246 e. The zero-order valence-electron chi connectivity index (χ0n) is 73.2. The number of nitrogens with zero attached hydrogens (tertiary/aromatic N) is 19. The molecular formula is C90H102Cl6N22O11. The molecule has 3 aromatic carbocycles. The SMILES string of the molecule is C=CC(=O)N1CCN(CCCc2cn3c(n2)c(-c2c(Cl)c(OC)cc(OC)c2Cl)cc2cnc(NC)nc23)CC1(C)C.C=CC(=O)N1CCN(CCCc2cn3c(n2)c(-c2c(Cl)c(OC)cc(OC)c2Cl)cc2cnc(NCC(O)CO)nc23)CC1.[C-]#[N+]CCNc1ncc2cc(-c3c(Cl)c(OC)cc(OC)c3Cl)c3nc(CCCN4CCN(C(=O)C=C)CC4)cn3c2n1. The van der Waals surface area contributed by atoms with E-state index in [2.05, 4.69) is 84.0 Å². The first-order valence-electron chi connectivity index (χ1n) is 41.8. The van der Waals surface area contributed by atoms with E-state index in [1.807, 2.05) is 64.7 Å². The second kappa shape index (κ2) is 42.9. The van der Waals surface area contributed by atoms with Crippen LogP contribution in [0.5, 0.6) is 34.5 Å². The quantitative estimate of drug-likeness (QED) is 0.0148. The van der Waals surface area contributed by atoms with Gasteiger partial charge in [-0.15, -0.1) is 0 Å². The molecule has 0 aliphatic carbocycles. The van der Waals surface area contributed by atoms with Crippen molar-refractivity contribution in [1.29, 1.82) is 0 Å². The highest BCUT2D eigenvalue weighted by Crippen LogP contribution is 2.51. The van der Waals surface area contributed by atoms with Gasteiger partial charge in [-0.05, 0) is 108 Å². The summed E-state index contributed by atoms with van der Waals surface area (Å²) in [6.07, 6.45) is 19.1. The number of hydrogen-bond donors (Lipinski definition) is 5. The molecule has 0 spiro atoms. The molecule has 9 aromatic heterocycles. The van der Waals surface area contributed by atoms with Gasteiger partial charge in [-0.2, -0.15) is 15.0 Å². The third-order valence-corrected chi connectivity index (χ3v) is 25.0. The lowest BCUT2D eigenvalue weighted by atomic mass is 9.98. The Balaban J connectivity index is 0.000000165. The number of halogens is 6. The Kier molecular flexibility index (Phi) is 31.7. The third kappa shape index (κ3) is 21.1. The first kappa shape index (κ1) is 95.2. The van der Waals surface area contributed by atoms with Gasteiger partial charge in [0.2, 0.25) is 42.1 Å². The van der Waals surface area contributed by atoms with Gasteiger partial charge in [-0.1, -0.05) is 89.3 Å². The minimum Gasteiger partial charge on any atom is -0.495 e. The number of fused-ring (bicyclic) bond motifs is 9. The molecule has 0 radical (unpaired) electrons. The molecule has 1 atom stereocenters. The lowest BCUT2D eigenvalue weighted by Gasteiger charge is -2.46. The molecule has 3 saturated heterocycles. The van der Waals surface area contributed by atoms with Crippen molar-refractivity contribution < 1.29 is 53.0 Å². The largest absolute Gasteiger partial charge is 0.495 e. The fourth-order valence-electron chi connectivity index (χ4n) is 16.2. The topological polar surface area (TPSA) is 336 Å². The van der Waals surface area contributed by atoms with E-state index in [9.17, 15) is 24.6 Å². The van der Waals surface area contributed by atoms with Crippen molar-refractivity contribution in [2.75, 3.05) is 184 Å². The summed E-state index contributed by atoms with van der Waals surface area (Å²) in [6, 6.07) is 10.7. The van der Waals surface area contributed by atoms with Crippen molar-refractivity contribution in [1.82, 2.24) is 87.5 Å². The molecule has 33 nitrogen and oxygen atoms in total. The van der Waals surface area contributed by atoms with Crippen molar-refractivity contribution >= 4 is 155 Å². The van der Waals surface area contributed by atoms with E-state index >= 15 is 0 Å². The van der Waals surface area contributed by atoms with E-state index in [1.54, 1.807) is 58.1 Å². The van der Waals surface area contributed by atoms with Gasteiger partial charge < -0.3 is 74.1 Å². The van der Waals surface area contributed by atoms with Crippen LogP contribution < -0.4 is 44.4 Å². The maximum atomic E-state index is 12.3. The zero-order chi connectivity index (χ0) is 92.1. The van der Waals surface area contributed by atoms with Gasteiger partial charge in [0.05, 0.1) is 115 Å². The number of benzene rings is 3. The molecule has 3 amide bonds. The molecular weight excluding hydrogens is 1780 g/mol. The van der Waals surface area contributed by atoms with Gasteiger partial charge in [0.1, 0.15) is 51.4 Å². The van der Waals surface area contributed by atoms with Gasteiger partial charge in [0.25, 0.3) is 0 Å².